The topological polar surface area (TPSA) is 36.4 Å². The third kappa shape index (κ3) is 4.83. The molecule has 0 N–H and O–H groups in total. The van der Waals surface area contributed by atoms with Gasteiger partial charge in [0.1, 0.15) is 6.04 Å². The van der Waals surface area contributed by atoms with Crippen LogP contribution in [0.25, 0.3) is 0 Å². The third-order valence-electron chi connectivity index (χ3n) is 5.87. The molecule has 160 valence electrons. The molecule has 1 atom stereocenters. The number of alkyl halides is 3. The summed E-state index contributed by atoms with van der Waals surface area (Å²) >= 11 is 0. The second-order valence-corrected chi connectivity index (χ2v) is 8.18. The molecule has 1 aliphatic heterocycles. The van der Waals surface area contributed by atoms with Crippen LogP contribution in [0.3, 0.4) is 0 Å². The summed E-state index contributed by atoms with van der Waals surface area (Å²) in [6, 6.07) is 8.79. The van der Waals surface area contributed by atoms with Gasteiger partial charge in [0.2, 0.25) is 5.91 Å². The van der Waals surface area contributed by atoms with Crippen molar-refractivity contribution in [3.8, 4) is 0 Å². The lowest BCUT2D eigenvalue weighted by Gasteiger charge is -2.36. The molecule has 2 aromatic rings. The number of benzene rings is 1. The van der Waals surface area contributed by atoms with Crippen LogP contribution < -0.4 is 0 Å². The van der Waals surface area contributed by atoms with Crippen molar-refractivity contribution in [2.45, 2.75) is 56.9 Å². The van der Waals surface area contributed by atoms with Gasteiger partial charge in [-0.05, 0) is 55.4 Å². The summed E-state index contributed by atoms with van der Waals surface area (Å²) in [6.45, 7) is 1.77. The van der Waals surface area contributed by atoms with Crippen LogP contribution in [0.4, 0.5) is 13.2 Å². The Kier molecular flexibility index (Phi) is 6.09. The molecule has 4 rings (SSSR count). The Hall–Kier alpha value is -2.41. The van der Waals surface area contributed by atoms with Gasteiger partial charge in [0, 0.05) is 38.1 Å². The number of amides is 1. The van der Waals surface area contributed by atoms with Gasteiger partial charge in [-0.15, -0.1) is 0 Å². The van der Waals surface area contributed by atoms with Crippen LogP contribution in [0, 0.1) is 0 Å². The fourth-order valence-corrected chi connectivity index (χ4v) is 4.20. The van der Waals surface area contributed by atoms with E-state index in [4.69, 9.17) is 0 Å². The van der Waals surface area contributed by atoms with Crippen molar-refractivity contribution >= 4 is 5.91 Å². The number of rotatable bonds is 6. The van der Waals surface area contributed by atoms with E-state index in [0.29, 0.717) is 12.1 Å². The first-order valence-electron chi connectivity index (χ1n) is 10.5. The summed E-state index contributed by atoms with van der Waals surface area (Å²) in [5.74, 6) is 0.0292. The fourth-order valence-electron chi connectivity index (χ4n) is 4.20. The second kappa shape index (κ2) is 8.76. The molecule has 1 aliphatic carbocycles. The molecule has 1 aromatic carbocycles. The predicted molar refractivity (Wildman–Crippen MR) is 107 cm³/mol. The minimum absolute atomic E-state index is 0.0292. The molecule has 2 aliphatic rings. The zero-order valence-corrected chi connectivity index (χ0v) is 16.8. The van der Waals surface area contributed by atoms with Crippen LogP contribution in [0.2, 0.25) is 0 Å². The number of halogens is 3. The van der Waals surface area contributed by atoms with Gasteiger partial charge in [-0.1, -0.05) is 24.3 Å². The van der Waals surface area contributed by atoms with Gasteiger partial charge in [-0.25, -0.2) is 0 Å². The van der Waals surface area contributed by atoms with E-state index in [1.807, 2.05) is 11.0 Å². The Labute approximate surface area is 174 Å². The van der Waals surface area contributed by atoms with Gasteiger partial charge < -0.3 is 4.90 Å². The smallest absolute Gasteiger partial charge is 0.341 e. The van der Waals surface area contributed by atoms with Crippen molar-refractivity contribution in [3.63, 3.8) is 0 Å². The molecule has 0 radical (unpaired) electrons. The molecule has 4 nitrogen and oxygen atoms in total. The molecule has 2 heterocycles. The molecule has 7 heteroatoms. The minimum Gasteiger partial charge on any atom is -0.341 e. The number of carbonyl (C=O) groups excluding carboxylic acids is 1. The maximum Gasteiger partial charge on any atom is 0.416 e. The summed E-state index contributed by atoms with van der Waals surface area (Å²) in [5, 5.41) is 0. The normalized spacial score (nSPS) is 18.5. The Morgan fingerprint density at radius 1 is 1.13 bits per heavy atom. The van der Waals surface area contributed by atoms with Crippen molar-refractivity contribution in [2.75, 3.05) is 13.1 Å². The highest BCUT2D eigenvalue weighted by Crippen LogP contribution is 2.38. The van der Waals surface area contributed by atoms with Crippen molar-refractivity contribution < 1.29 is 18.0 Å². The number of hydrogen-bond acceptors (Lipinski definition) is 3. The van der Waals surface area contributed by atoms with Crippen LogP contribution in [0.15, 0.2) is 48.8 Å². The number of nitrogens with zero attached hydrogens (tertiary/aromatic N) is 3. The number of piperidine rings is 1. The summed E-state index contributed by atoms with van der Waals surface area (Å²) < 4.78 is 39.6. The van der Waals surface area contributed by atoms with Crippen LogP contribution in [-0.2, 0) is 17.5 Å². The number of carbonyl (C=O) groups is 1. The van der Waals surface area contributed by atoms with E-state index in [9.17, 15) is 18.0 Å². The molecule has 2 fully saturated rings. The van der Waals surface area contributed by atoms with Gasteiger partial charge in [-0.2, -0.15) is 13.2 Å². The van der Waals surface area contributed by atoms with E-state index < -0.39 is 17.8 Å². The van der Waals surface area contributed by atoms with E-state index in [2.05, 4.69) is 9.88 Å². The third-order valence-corrected chi connectivity index (χ3v) is 5.87. The van der Waals surface area contributed by atoms with Crippen LogP contribution in [0.1, 0.15) is 54.8 Å². The van der Waals surface area contributed by atoms with Gasteiger partial charge in [-0.3, -0.25) is 14.7 Å². The Balaban J connectivity index is 1.65. The monoisotopic (exact) mass is 417 g/mol. The van der Waals surface area contributed by atoms with Crippen molar-refractivity contribution in [1.29, 1.82) is 0 Å². The van der Waals surface area contributed by atoms with E-state index in [0.717, 1.165) is 56.8 Å². The van der Waals surface area contributed by atoms with Gasteiger partial charge >= 0.3 is 6.18 Å². The zero-order valence-electron chi connectivity index (χ0n) is 16.8. The molecule has 1 saturated heterocycles. The lowest BCUT2D eigenvalue weighted by atomic mass is 10.0. The Bertz CT molecular complexity index is 861. The number of hydrogen-bond donors (Lipinski definition) is 0. The number of pyridine rings is 1. The first-order chi connectivity index (χ1) is 14.4. The summed E-state index contributed by atoms with van der Waals surface area (Å²) in [6.07, 6.45) is 3.98. The molecule has 1 aromatic heterocycles. The lowest BCUT2D eigenvalue weighted by Crippen LogP contribution is -2.45. The number of likely N-dealkylation sites (tertiary alicyclic amines) is 1. The van der Waals surface area contributed by atoms with Crippen LogP contribution in [0.5, 0.6) is 0 Å². The maximum atomic E-state index is 13.6. The summed E-state index contributed by atoms with van der Waals surface area (Å²) in [4.78, 5) is 21.7. The Morgan fingerprint density at radius 2 is 1.90 bits per heavy atom. The first-order valence-corrected chi connectivity index (χ1v) is 10.5. The molecule has 1 saturated carbocycles. The molecule has 30 heavy (non-hydrogen) atoms. The molecular formula is C23H26F3N3O. The van der Waals surface area contributed by atoms with E-state index >= 15 is 0 Å². The van der Waals surface area contributed by atoms with E-state index in [-0.39, 0.29) is 11.9 Å². The standard InChI is InChI=1S/C23H26F3N3O/c24-23(25,26)19-8-4-6-17(14-19)16-29(20-9-10-20)21(18-7-5-11-27-15-18)22(30)28-12-2-1-3-13-28/h4-8,11,14-15,20-21H,1-3,9-10,12-13,16H2. The molecule has 1 amide bonds. The number of aromatic nitrogens is 1. The lowest BCUT2D eigenvalue weighted by molar-refractivity contribution is -0.139. The van der Waals surface area contributed by atoms with Gasteiger partial charge in [0.25, 0.3) is 0 Å². The average molecular weight is 417 g/mol. The molecular weight excluding hydrogens is 391 g/mol. The molecule has 0 bridgehead atoms. The van der Waals surface area contributed by atoms with Crippen molar-refractivity contribution in [3.05, 3.63) is 65.5 Å². The predicted octanol–water partition coefficient (Wildman–Crippen LogP) is 4.82. The quantitative estimate of drug-likeness (QED) is 0.676. The van der Waals surface area contributed by atoms with Crippen molar-refractivity contribution in [1.82, 2.24) is 14.8 Å². The minimum atomic E-state index is -4.38. The fraction of sp³-hybridized carbons (Fsp3) is 0.478. The maximum absolute atomic E-state index is 13.6. The molecule has 0 spiro atoms. The largest absolute Gasteiger partial charge is 0.416 e. The SMILES string of the molecule is O=C(C(c1cccnc1)N(Cc1cccc(C(F)(F)F)c1)C1CC1)N1CCCCC1. The highest BCUT2D eigenvalue weighted by molar-refractivity contribution is 5.83. The summed E-state index contributed by atoms with van der Waals surface area (Å²) in [5.41, 5.74) is 0.708. The highest BCUT2D eigenvalue weighted by Gasteiger charge is 2.40. The van der Waals surface area contributed by atoms with Gasteiger partial charge in [0.05, 0.1) is 5.56 Å². The first kappa shape index (κ1) is 20.8. The summed E-state index contributed by atoms with van der Waals surface area (Å²) in [7, 11) is 0. The second-order valence-electron chi connectivity index (χ2n) is 8.18. The van der Waals surface area contributed by atoms with Crippen LogP contribution >= 0.6 is 0 Å². The van der Waals surface area contributed by atoms with Crippen LogP contribution in [-0.4, -0.2) is 39.8 Å². The van der Waals surface area contributed by atoms with Crippen molar-refractivity contribution in [2.24, 2.45) is 0 Å². The van der Waals surface area contributed by atoms with E-state index in [1.54, 1.807) is 24.5 Å². The van der Waals surface area contributed by atoms with E-state index in [1.165, 1.54) is 12.1 Å². The Morgan fingerprint density at radius 3 is 2.53 bits per heavy atom. The average Bonchev–Trinajstić information content (AvgIpc) is 3.59. The highest BCUT2D eigenvalue weighted by atomic mass is 19.4. The van der Waals surface area contributed by atoms with Gasteiger partial charge in [0.15, 0.2) is 0 Å². The molecule has 1 unspecified atom stereocenters. The zero-order chi connectivity index (χ0) is 21.1.